The lowest BCUT2D eigenvalue weighted by molar-refractivity contribution is 0.0457. The van der Waals surface area contributed by atoms with E-state index in [9.17, 15) is 0 Å². The summed E-state index contributed by atoms with van der Waals surface area (Å²) < 4.78 is 11.0. The molecule has 0 unspecified atom stereocenters. The van der Waals surface area contributed by atoms with Gasteiger partial charge in [-0.05, 0) is 0 Å². The Morgan fingerprint density at radius 3 is 2.95 bits per heavy atom. The zero-order valence-electron chi connectivity index (χ0n) is 10.8. The molecule has 1 heterocycles. The molecule has 0 spiro atoms. The van der Waals surface area contributed by atoms with Crippen LogP contribution in [-0.2, 0) is 0 Å². The van der Waals surface area contributed by atoms with Gasteiger partial charge in [-0.15, -0.1) is 0 Å². The molecule has 19 heavy (non-hydrogen) atoms. The maximum absolute atomic E-state index is 9.13. The average molecular weight is 261 g/mol. The Balaban J connectivity index is 2.35. The van der Waals surface area contributed by atoms with E-state index in [2.05, 4.69) is 11.1 Å². The fourth-order valence-corrected chi connectivity index (χ4v) is 1.61. The molecule has 1 aliphatic heterocycles. The number of aliphatic imine (C=N–C) groups is 1. The SMILES string of the molecule is CN(C)C=Nc1cc2c(cc1C#N)O[C@@H](CO)CO2. The molecular formula is C13H15N3O3. The van der Waals surface area contributed by atoms with E-state index >= 15 is 0 Å². The first-order chi connectivity index (χ1) is 9.13. The number of aliphatic hydroxyl groups is 1. The maximum Gasteiger partial charge on any atom is 0.163 e. The fraction of sp³-hybridized carbons (Fsp3) is 0.385. The Labute approximate surface area is 111 Å². The van der Waals surface area contributed by atoms with E-state index in [1.165, 1.54) is 0 Å². The number of aliphatic hydroxyl groups excluding tert-OH is 1. The van der Waals surface area contributed by atoms with E-state index in [0.717, 1.165) is 0 Å². The minimum atomic E-state index is -0.393. The van der Waals surface area contributed by atoms with Crippen LogP contribution in [0, 0.1) is 11.3 Å². The third-order valence-electron chi connectivity index (χ3n) is 2.53. The fourth-order valence-electron chi connectivity index (χ4n) is 1.61. The summed E-state index contributed by atoms with van der Waals surface area (Å²) in [6.07, 6.45) is 1.22. The van der Waals surface area contributed by atoms with Gasteiger partial charge in [0.15, 0.2) is 17.6 Å². The Bertz CT molecular complexity index is 535. The van der Waals surface area contributed by atoms with E-state index in [0.29, 0.717) is 22.7 Å². The van der Waals surface area contributed by atoms with Crippen molar-refractivity contribution in [2.24, 2.45) is 4.99 Å². The summed E-state index contributed by atoms with van der Waals surface area (Å²) in [5.74, 6) is 1.00. The molecule has 0 radical (unpaired) electrons. The molecular weight excluding hydrogens is 246 g/mol. The molecule has 1 aliphatic rings. The van der Waals surface area contributed by atoms with Gasteiger partial charge in [-0.2, -0.15) is 5.26 Å². The number of hydrogen-bond donors (Lipinski definition) is 1. The van der Waals surface area contributed by atoms with Crippen molar-refractivity contribution in [1.29, 1.82) is 5.26 Å². The van der Waals surface area contributed by atoms with Gasteiger partial charge in [0, 0.05) is 26.2 Å². The van der Waals surface area contributed by atoms with Crippen molar-refractivity contribution in [2.45, 2.75) is 6.10 Å². The van der Waals surface area contributed by atoms with Crippen LogP contribution in [0.15, 0.2) is 17.1 Å². The number of benzene rings is 1. The maximum atomic E-state index is 9.13. The largest absolute Gasteiger partial charge is 0.486 e. The average Bonchev–Trinajstić information content (AvgIpc) is 2.43. The quantitative estimate of drug-likeness (QED) is 0.646. The zero-order chi connectivity index (χ0) is 13.8. The lowest BCUT2D eigenvalue weighted by atomic mass is 10.1. The summed E-state index contributed by atoms with van der Waals surface area (Å²) >= 11 is 0. The third-order valence-corrected chi connectivity index (χ3v) is 2.53. The third kappa shape index (κ3) is 2.95. The highest BCUT2D eigenvalue weighted by Crippen LogP contribution is 2.37. The van der Waals surface area contributed by atoms with Crippen LogP contribution in [0.1, 0.15) is 5.56 Å². The molecule has 2 rings (SSSR count). The van der Waals surface area contributed by atoms with Crippen molar-refractivity contribution in [3.63, 3.8) is 0 Å². The topological polar surface area (TPSA) is 78.1 Å². The molecule has 0 aliphatic carbocycles. The van der Waals surface area contributed by atoms with Crippen LogP contribution in [0.5, 0.6) is 11.5 Å². The van der Waals surface area contributed by atoms with Gasteiger partial charge < -0.3 is 19.5 Å². The van der Waals surface area contributed by atoms with E-state index in [1.54, 1.807) is 23.4 Å². The van der Waals surface area contributed by atoms with Crippen molar-refractivity contribution < 1.29 is 14.6 Å². The second-order valence-electron chi connectivity index (χ2n) is 4.37. The predicted octanol–water partition coefficient (Wildman–Crippen LogP) is 0.912. The van der Waals surface area contributed by atoms with E-state index in [-0.39, 0.29) is 13.2 Å². The van der Waals surface area contributed by atoms with Gasteiger partial charge in [0.2, 0.25) is 0 Å². The zero-order valence-corrected chi connectivity index (χ0v) is 10.8. The predicted molar refractivity (Wildman–Crippen MR) is 70.0 cm³/mol. The van der Waals surface area contributed by atoms with E-state index < -0.39 is 6.10 Å². The molecule has 1 atom stereocenters. The molecule has 1 aromatic rings. The molecule has 0 saturated heterocycles. The summed E-state index contributed by atoms with van der Waals surface area (Å²) in [4.78, 5) is 5.99. The highest BCUT2D eigenvalue weighted by atomic mass is 16.6. The van der Waals surface area contributed by atoms with Crippen LogP contribution in [0.3, 0.4) is 0 Å². The molecule has 6 nitrogen and oxygen atoms in total. The van der Waals surface area contributed by atoms with Crippen molar-refractivity contribution >= 4 is 12.0 Å². The number of hydrogen-bond acceptors (Lipinski definition) is 5. The Hall–Kier alpha value is -2.26. The smallest absolute Gasteiger partial charge is 0.163 e. The van der Waals surface area contributed by atoms with Crippen LogP contribution in [0.25, 0.3) is 0 Å². The van der Waals surface area contributed by atoms with Gasteiger partial charge in [0.1, 0.15) is 12.7 Å². The van der Waals surface area contributed by atoms with Gasteiger partial charge in [-0.25, -0.2) is 4.99 Å². The van der Waals surface area contributed by atoms with Crippen LogP contribution in [-0.4, -0.2) is 49.8 Å². The number of rotatable bonds is 3. The monoisotopic (exact) mass is 261 g/mol. The van der Waals surface area contributed by atoms with Gasteiger partial charge in [0.05, 0.1) is 24.2 Å². The first kappa shape index (κ1) is 13.2. The molecule has 0 bridgehead atoms. The molecule has 100 valence electrons. The van der Waals surface area contributed by atoms with Crippen molar-refractivity contribution in [2.75, 3.05) is 27.3 Å². The van der Waals surface area contributed by atoms with E-state index in [1.807, 2.05) is 14.1 Å². The standard InChI is InChI=1S/C13H15N3O3/c1-16(2)8-15-11-4-12-13(3-9(11)5-14)19-10(6-17)7-18-12/h3-4,8,10,17H,6-7H2,1-2H3/t10-/m0/s1. The van der Waals surface area contributed by atoms with Crippen LogP contribution in [0.4, 0.5) is 5.69 Å². The number of fused-ring (bicyclic) bond motifs is 1. The number of ether oxygens (including phenoxy) is 2. The summed E-state index contributed by atoms with van der Waals surface area (Å²) in [6.45, 7) is 0.161. The Morgan fingerprint density at radius 1 is 1.53 bits per heavy atom. The van der Waals surface area contributed by atoms with Gasteiger partial charge in [-0.3, -0.25) is 0 Å². The minimum Gasteiger partial charge on any atom is -0.486 e. The first-order valence-electron chi connectivity index (χ1n) is 5.83. The van der Waals surface area contributed by atoms with Crippen molar-refractivity contribution in [3.05, 3.63) is 17.7 Å². The number of nitrogens with zero attached hydrogens (tertiary/aromatic N) is 3. The summed E-state index contributed by atoms with van der Waals surface area (Å²) in [6, 6.07) is 5.32. The molecule has 0 fully saturated rings. The summed E-state index contributed by atoms with van der Waals surface area (Å²) in [7, 11) is 3.69. The molecule has 1 aromatic carbocycles. The second kappa shape index (κ2) is 5.59. The Morgan fingerprint density at radius 2 is 2.32 bits per heavy atom. The van der Waals surface area contributed by atoms with Gasteiger partial charge in [-0.1, -0.05) is 0 Å². The highest BCUT2D eigenvalue weighted by molar-refractivity contribution is 5.68. The van der Waals surface area contributed by atoms with Gasteiger partial charge in [0.25, 0.3) is 0 Å². The second-order valence-corrected chi connectivity index (χ2v) is 4.37. The molecule has 0 amide bonds. The first-order valence-corrected chi connectivity index (χ1v) is 5.83. The van der Waals surface area contributed by atoms with Gasteiger partial charge >= 0.3 is 0 Å². The number of nitriles is 1. The summed E-state index contributed by atoms with van der Waals surface area (Å²) in [5, 5.41) is 18.2. The lowest BCUT2D eigenvalue weighted by Gasteiger charge is -2.25. The van der Waals surface area contributed by atoms with Crippen LogP contribution >= 0.6 is 0 Å². The minimum absolute atomic E-state index is 0.123. The normalized spacial score (nSPS) is 17.3. The Kier molecular flexibility index (Phi) is 3.88. The summed E-state index contributed by atoms with van der Waals surface area (Å²) in [5.41, 5.74) is 0.931. The van der Waals surface area contributed by atoms with Crippen molar-refractivity contribution in [3.8, 4) is 17.6 Å². The van der Waals surface area contributed by atoms with E-state index in [4.69, 9.17) is 19.8 Å². The molecule has 0 saturated carbocycles. The molecule has 1 N–H and O–H groups in total. The van der Waals surface area contributed by atoms with Crippen LogP contribution < -0.4 is 9.47 Å². The highest BCUT2D eigenvalue weighted by Gasteiger charge is 2.22. The molecule has 0 aromatic heterocycles. The van der Waals surface area contributed by atoms with Crippen LogP contribution in [0.2, 0.25) is 0 Å². The molecule has 6 heteroatoms. The lowest BCUT2D eigenvalue weighted by Crippen LogP contribution is -2.32. The van der Waals surface area contributed by atoms with Crippen molar-refractivity contribution in [1.82, 2.24) is 4.90 Å².